The summed E-state index contributed by atoms with van der Waals surface area (Å²) in [4.78, 5) is 13.8. The van der Waals surface area contributed by atoms with E-state index in [-0.39, 0.29) is 0 Å². The van der Waals surface area contributed by atoms with Crippen LogP contribution >= 0.6 is 0 Å². The van der Waals surface area contributed by atoms with Crippen molar-refractivity contribution < 1.29 is 9.90 Å². The number of hydrogen-bond acceptors (Lipinski definition) is 3. The topological polar surface area (TPSA) is 52.6 Å². The first-order valence-corrected chi connectivity index (χ1v) is 7.38. The molecule has 0 bridgehead atoms. The second-order valence-corrected chi connectivity index (χ2v) is 5.46. The van der Waals surface area contributed by atoms with Crippen LogP contribution in [0.15, 0.2) is 24.3 Å². The SMILES string of the molecule is CCC(CCCN1CCc2ccccc21)(NC)C(=O)O. The summed E-state index contributed by atoms with van der Waals surface area (Å²) in [5.74, 6) is -0.746. The third kappa shape index (κ3) is 2.80. The summed E-state index contributed by atoms with van der Waals surface area (Å²) in [5, 5.41) is 12.4. The number of nitrogens with one attached hydrogen (secondary N) is 1. The minimum atomic E-state index is -0.779. The Morgan fingerprint density at radius 2 is 2.20 bits per heavy atom. The van der Waals surface area contributed by atoms with Gasteiger partial charge in [-0.1, -0.05) is 25.1 Å². The van der Waals surface area contributed by atoms with E-state index in [4.69, 9.17) is 0 Å². The number of carbonyl (C=O) groups is 1. The molecule has 4 heteroatoms. The van der Waals surface area contributed by atoms with Crippen LogP contribution in [-0.4, -0.2) is 36.8 Å². The number of para-hydroxylation sites is 1. The fourth-order valence-electron chi connectivity index (χ4n) is 3.05. The predicted octanol–water partition coefficient (Wildman–Crippen LogP) is 2.28. The number of carboxylic acids is 1. The molecular formula is C16H24N2O2. The highest BCUT2D eigenvalue weighted by atomic mass is 16.4. The second kappa shape index (κ2) is 6.27. The average Bonchev–Trinajstić information content (AvgIpc) is 2.87. The van der Waals surface area contributed by atoms with Gasteiger partial charge in [0.2, 0.25) is 0 Å². The molecule has 1 aromatic carbocycles. The van der Waals surface area contributed by atoms with Crippen molar-refractivity contribution in [2.24, 2.45) is 0 Å². The molecule has 0 aromatic heterocycles. The molecule has 1 aromatic rings. The molecule has 1 heterocycles. The number of likely N-dealkylation sites (N-methyl/N-ethyl adjacent to an activating group) is 1. The van der Waals surface area contributed by atoms with Crippen molar-refractivity contribution in [3.8, 4) is 0 Å². The molecule has 2 N–H and O–H groups in total. The third-order valence-corrected chi connectivity index (χ3v) is 4.51. The number of hydrogen-bond donors (Lipinski definition) is 2. The van der Waals surface area contributed by atoms with Gasteiger partial charge < -0.3 is 15.3 Å². The Labute approximate surface area is 120 Å². The Morgan fingerprint density at radius 1 is 1.45 bits per heavy atom. The first kappa shape index (κ1) is 14.9. The van der Waals surface area contributed by atoms with E-state index in [9.17, 15) is 9.90 Å². The zero-order valence-corrected chi connectivity index (χ0v) is 12.4. The van der Waals surface area contributed by atoms with E-state index in [2.05, 4.69) is 34.5 Å². The quantitative estimate of drug-likeness (QED) is 0.802. The van der Waals surface area contributed by atoms with Crippen molar-refractivity contribution in [1.82, 2.24) is 5.32 Å². The van der Waals surface area contributed by atoms with Crippen LogP contribution in [0.2, 0.25) is 0 Å². The first-order chi connectivity index (χ1) is 9.63. The van der Waals surface area contributed by atoms with Crippen LogP contribution in [-0.2, 0) is 11.2 Å². The summed E-state index contributed by atoms with van der Waals surface area (Å²) in [5.41, 5.74) is 1.94. The van der Waals surface area contributed by atoms with Gasteiger partial charge in [-0.2, -0.15) is 0 Å². The highest BCUT2D eigenvalue weighted by molar-refractivity contribution is 5.78. The van der Waals surface area contributed by atoms with Crippen LogP contribution in [0, 0.1) is 0 Å². The molecule has 110 valence electrons. The maximum absolute atomic E-state index is 11.4. The van der Waals surface area contributed by atoms with Crippen molar-refractivity contribution in [2.45, 2.75) is 38.1 Å². The van der Waals surface area contributed by atoms with Crippen LogP contribution in [0.1, 0.15) is 31.7 Å². The number of anilines is 1. The van der Waals surface area contributed by atoms with E-state index in [1.165, 1.54) is 11.3 Å². The Balaban J connectivity index is 1.92. The Morgan fingerprint density at radius 3 is 2.85 bits per heavy atom. The summed E-state index contributed by atoms with van der Waals surface area (Å²) in [7, 11) is 1.74. The van der Waals surface area contributed by atoms with Gasteiger partial charge in [0.1, 0.15) is 5.54 Å². The van der Waals surface area contributed by atoms with Gasteiger partial charge in [0.25, 0.3) is 0 Å². The number of nitrogens with zero attached hydrogens (tertiary/aromatic N) is 1. The summed E-state index contributed by atoms with van der Waals surface area (Å²) < 4.78 is 0. The zero-order chi connectivity index (χ0) is 14.6. The van der Waals surface area contributed by atoms with Gasteiger partial charge in [0.15, 0.2) is 0 Å². The molecule has 0 aliphatic carbocycles. The van der Waals surface area contributed by atoms with Crippen LogP contribution in [0.25, 0.3) is 0 Å². The summed E-state index contributed by atoms with van der Waals surface area (Å²) in [6.45, 7) is 3.90. The fourth-order valence-corrected chi connectivity index (χ4v) is 3.05. The smallest absolute Gasteiger partial charge is 0.323 e. The molecule has 1 aliphatic rings. The van der Waals surface area contributed by atoms with Crippen molar-refractivity contribution >= 4 is 11.7 Å². The Hall–Kier alpha value is -1.55. The second-order valence-electron chi connectivity index (χ2n) is 5.46. The van der Waals surface area contributed by atoms with Gasteiger partial charge >= 0.3 is 5.97 Å². The molecule has 20 heavy (non-hydrogen) atoms. The van der Waals surface area contributed by atoms with Crippen LogP contribution < -0.4 is 10.2 Å². The zero-order valence-electron chi connectivity index (χ0n) is 12.4. The number of benzene rings is 1. The van der Waals surface area contributed by atoms with Crippen LogP contribution in [0.5, 0.6) is 0 Å². The van der Waals surface area contributed by atoms with Crippen LogP contribution in [0.3, 0.4) is 0 Å². The highest BCUT2D eigenvalue weighted by Crippen LogP contribution is 2.28. The molecule has 0 radical (unpaired) electrons. The lowest BCUT2D eigenvalue weighted by Crippen LogP contribution is -2.50. The molecule has 1 unspecified atom stereocenters. The fraction of sp³-hybridized carbons (Fsp3) is 0.562. The lowest BCUT2D eigenvalue weighted by Gasteiger charge is -2.29. The van der Waals surface area contributed by atoms with Crippen molar-refractivity contribution in [2.75, 3.05) is 25.0 Å². The highest BCUT2D eigenvalue weighted by Gasteiger charge is 2.34. The van der Waals surface area contributed by atoms with Gasteiger partial charge in [-0.25, -0.2) is 0 Å². The van der Waals surface area contributed by atoms with Gasteiger partial charge in [0, 0.05) is 18.8 Å². The molecule has 1 atom stereocenters. The van der Waals surface area contributed by atoms with E-state index in [1.807, 2.05) is 6.92 Å². The van der Waals surface area contributed by atoms with Gasteiger partial charge in [-0.05, 0) is 44.4 Å². The molecule has 4 nitrogen and oxygen atoms in total. The van der Waals surface area contributed by atoms with Crippen molar-refractivity contribution in [3.63, 3.8) is 0 Å². The molecule has 0 saturated carbocycles. The van der Waals surface area contributed by atoms with E-state index in [0.29, 0.717) is 12.8 Å². The number of aliphatic carboxylic acids is 1. The molecule has 0 saturated heterocycles. The van der Waals surface area contributed by atoms with Gasteiger partial charge in [-0.15, -0.1) is 0 Å². The molecule has 0 fully saturated rings. The Kier molecular flexibility index (Phi) is 4.65. The third-order valence-electron chi connectivity index (χ3n) is 4.51. The van der Waals surface area contributed by atoms with E-state index < -0.39 is 11.5 Å². The standard InChI is InChI=1S/C16H24N2O2/c1-3-16(17-2,15(19)20)10-6-11-18-12-9-13-7-4-5-8-14(13)18/h4-5,7-8,17H,3,6,9-12H2,1-2H3,(H,19,20). The molecular weight excluding hydrogens is 252 g/mol. The van der Waals surface area contributed by atoms with E-state index in [0.717, 1.165) is 25.9 Å². The minimum Gasteiger partial charge on any atom is -0.480 e. The maximum Gasteiger partial charge on any atom is 0.323 e. The van der Waals surface area contributed by atoms with E-state index in [1.54, 1.807) is 7.05 Å². The lowest BCUT2D eigenvalue weighted by atomic mass is 9.90. The maximum atomic E-state index is 11.4. The minimum absolute atomic E-state index is 0.607. The Bertz CT molecular complexity index is 469. The van der Waals surface area contributed by atoms with Crippen molar-refractivity contribution in [3.05, 3.63) is 29.8 Å². The molecule has 2 rings (SSSR count). The summed E-state index contributed by atoms with van der Waals surface area (Å²) >= 11 is 0. The van der Waals surface area contributed by atoms with Crippen LogP contribution in [0.4, 0.5) is 5.69 Å². The average molecular weight is 276 g/mol. The predicted molar refractivity (Wildman–Crippen MR) is 81.3 cm³/mol. The van der Waals surface area contributed by atoms with Gasteiger partial charge in [-0.3, -0.25) is 4.79 Å². The number of fused-ring (bicyclic) bond motifs is 1. The monoisotopic (exact) mass is 276 g/mol. The van der Waals surface area contributed by atoms with Gasteiger partial charge in [0.05, 0.1) is 0 Å². The summed E-state index contributed by atoms with van der Waals surface area (Å²) in [6.07, 6.45) is 3.25. The molecule has 0 amide bonds. The first-order valence-electron chi connectivity index (χ1n) is 7.38. The largest absolute Gasteiger partial charge is 0.480 e. The lowest BCUT2D eigenvalue weighted by molar-refractivity contribution is -0.145. The van der Waals surface area contributed by atoms with Crippen molar-refractivity contribution in [1.29, 1.82) is 0 Å². The molecule has 1 aliphatic heterocycles. The molecule has 0 spiro atoms. The number of carboxylic acid groups (broad SMARTS) is 1. The summed E-state index contributed by atoms with van der Waals surface area (Å²) in [6, 6.07) is 8.48. The van der Waals surface area contributed by atoms with E-state index >= 15 is 0 Å². The normalized spacial score (nSPS) is 16.8. The number of rotatable bonds is 7.